The molecule has 0 N–H and O–H groups in total. The van der Waals surface area contributed by atoms with E-state index in [1.165, 1.54) is 12.2 Å². The molecule has 0 aromatic carbocycles. The van der Waals surface area contributed by atoms with E-state index in [2.05, 4.69) is 0 Å². The predicted molar refractivity (Wildman–Crippen MR) is 71.9 cm³/mol. The van der Waals surface area contributed by atoms with Crippen molar-refractivity contribution < 1.29 is 23.9 Å². The highest BCUT2D eigenvalue weighted by molar-refractivity contribution is 5.94. The van der Waals surface area contributed by atoms with Crippen molar-refractivity contribution in [1.29, 1.82) is 0 Å². The van der Waals surface area contributed by atoms with Gasteiger partial charge in [0.05, 0.1) is 12.6 Å². The number of nitrogens with zero attached hydrogens (tertiary/aromatic N) is 1. The number of esters is 1. The van der Waals surface area contributed by atoms with Crippen LogP contribution in [0.2, 0.25) is 0 Å². The number of hydrogen-bond donors (Lipinski definition) is 0. The number of amides is 2. The molecule has 0 radical (unpaired) electrons. The Morgan fingerprint density at radius 3 is 2.60 bits per heavy atom. The van der Waals surface area contributed by atoms with E-state index in [4.69, 9.17) is 9.47 Å². The Morgan fingerprint density at radius 2 is 2.05 bits per heavy atom. The van der Waals surface area contributed by atoms with Crippen molar-refractivity contribution in [2.45, 2.75) is 52.2 Å². The first-order chi connectivity index (χ1) is 9.24. The number of ether oxygens (including phenoxy) is 2. The minimum Gasteiger partial charge on any atom is -0.463 e. The summed E-state index contributed by atoms with van der Waals surface area (Å²) < 4.78 is 9.95. The van der Waals surface area contributed by atoms with Gasteiger partial charge in [0, 0.05) is 12.5 Å². The molecule has 0 aromatic rings. The van der Waals surface area contributed by atoms with Crippen molar-refractivity contribution in [2.24, 2.45) is 0 Å². The molecule has 112 valence electrons. The van der Waals surface area contributed by atoms with Crippen LogP contribution in [-0.4, -0.2) is 41.1 Å². The quantitative estimate of drug-likeness (QED) is 0.585. The molecule has 1 rings (SSSR count). The average Bonchev–Trinajstić information content (AvgIpc) is 2.66. The van der Waals surface area contributed by atoms with Gasteiger partial charge in [-0.05, 0) is 34.1 Å². The fourth-order valence-electron chi connectivity index (χ4n) is 1.82. The Kier molecular flexibility index (Phi) is 5.30. The van der Waals surface area contributed by atoms with Gasteiger partial charge in [0.15, 0.2) is 0 Å². The normalized spacial score (nSPS) is 19.5. The number of imide groups is 1. The van der Waals surface area contributed by atoms with Crippen molar-refractivity contribution in [2.75, 3.05) is 6.61 Å². The van der Waals surface area contributed by atoms with E-state index in [1.54, 1.807) is 27.7 Å². The van der Waals surface area contributed by atoms with Crippen LogP contribution < -0.4 is 0 Å². The molecule has 0 bridgehead atoms. The summed E-state index contributed by atoms with van der Waals surface area (Å²) in [5.74, 6) is -0.784. The van der Waals surface area contributed by atoms with Crippen LogP contribution in [0.15, 0.2) is 12.2 Å². The van der Waals surface area contributed by atoms with Gasteiger partial charge in [0.25, 0.3) is 0 Å². The SMILES string of the molecule is CCOC(=O)/C=C\[C@@H]1CCC(=O)N1C(=O)OC(C)(C)C. The molecule has 1 atom stereocenters. The van der Waals surface area contributed by atoms with Crippen LogP contribution in [0.5, 0.6) is 0 Å². The second-order valence-electron chi connectivity index (χ2n) is 5.46. The van der Waals surface area contributed by atoms with Gasteiger partial charge in [-0.25, -0.2) is 14.5 Å². The van der Waals surface area contributed by atoms with E-state index < -0.39 is 23.7 Å². The van der Waals surface area contributed by atoms with Gasteiger partial charge in [-0.3, -0.25) is 4.79 Å². The lowest BCUT2D eigenvalue weighted by Gasteiger charge is -2.26. The third-order valence-electron chi connectivity index (χ3n) is 2.59. The summed E-state index contributed by atoms with van der Waals surface area (Å²) in [6, 6.07) is -0.457. The molecular formula is C14H21NO5. The molecule has 1 heterocycles. The molecule has 0 spiro atoms. The molecule has 1 fully saturated rings. The molecule has 0 unspecified atom stereocenters. The van der Waals surface area contributed by atoms with E-state index in [0.717, 1.165) is 4.90 Å². The lowest BCUT2D eigenvalue weighted by Crippen LogP contribution is -2.41. The smallest absolute Gasteiger partial charge is 0.417 e. The first-order valence-electron chi connectivity index (χ1n) is 6.64. The van der Waals surface area contributed by atoms with E-state index in [1.807, 2.05) is 0 Å². The van der Waals surface area contributed by atoms with E-state index in [9.17, 15) is 14.4 Å². The topological polar surface area (TPSA) is 72.9 Å². The van der Waals surface area contributed by atoms with Gasteiger partial charge < -0.3 is 9.47 Å². The zero-order chi connectivity index (χ0) is 15.3. The highest BCUT2D eigenvalue weighted by Gasteiger charge is 2.37. The molecule has 0 aromatic heterocycles. The molecule has 1 saturated heterocycles. The van der Waals surface area contributed by atoms with Crippen LogP contribution in [0.3, 0.4) is 0 Å². The van der Waals surface area contributed by atoms with Crippen LogP contribution in [-0.2, 0) is 19.1 Å². The maximum Gasteiger partial charge on any atom is 0.417 e. The minimum absolute atomic E-state index is 0.261. The molecule has 1 aliphatic rings. The van der Waals surface area contributed by atoms with Crippen LogP contribution in [0.1, 0.15) is 40.5 Å². The summed E-state index contributed by atoms with van der Waals surface area (Å²) >= 11 is 0. The second kappa shape index (κ2) is 6.54. The van der Waals surface area contributed by atoms with Gasteiger partial charge in [0.2, 0.25) is 5.91 Å². The molecule has 0 saturated carbocycles. The fourth-order valence-corrected chi connectivity index (χ4v) is 1.82. The predicted octanol–water partition coefficient (Wildman–Crippen LogP) is 2.03. The molecule has 2 amide bonds. The zero-order valence-electron chi connectivity index (χ0n) is 12.3. The Labute approximate surface area is 118 Å². The number of hydrogen-bond acceptors (Lipinski definition) is 5. The summed E-state index contributed by atoms with van der Waals surface area (Å²) in [7, 11) is 0. The Bertz CT molecular complexity index is 422. The highest BCUT2D eigenvalue weighted by atomic mass is 16.6. The van der Waals surface area contributed by atoms with E-state index in [0.29, 0.717) is 6.42 Å². The van der Waals surface area contributed by atoms with Gasteiger partial charge in [-0.15, -0.1) is 0 Å². The maximum atomic E-state index is 12.0. The van der Waals surface area contributed by atoms with Crippen LogP contribution in [0.25, 0.3) is 0 Å². The summed E-state index contributed by atoms with van der Waals surface area (Å²) in [6.45, 7) is 7.18. The van der Waals surface area contributed by atoms with E-state index in [-0.39, 0.29) is 18.9 Å². The maximum absolute atomic E-state index is 12.0. The van der Waals surface area contributed by atoms with Crippen LogP contribution in [0, 0.1) is 0 Å². The Morgan fingerprint density at radius 1 is 1.40 bits per heavy atom. The lowest BCUT2D eigenvalue weighted by molar-refractivity contribution is -0.137. The Balaban J connectivity index is 2.74. The van der Waals surface area contributed by atoms with Crippen molar-refractivity contribution in [3.8, 4) is 0 Å². The van der Waals surface area contributed by atoms with Crippen molar-refractivity contribution in [1.82, 2.24) is 4.90 Å². The zero-order valence-corrected chi connectivity index (χ0v) is 12.3. The number of rotatable bonds is 3. The average molecular weight is 283 g/mol. The number of carbonyl (C=O) groups is 3. The number of likely N-dealkylation sites (tertiary alicyclic amines) is 1. The minimum atomic E-state index is -0.682. The summed E-state index contributed by atoms with van der Waals surface area (Å²) in [4.78, 5) is 36.1. The van der Waals surface area contributed by atoms with Gasteiger partial charge in [-0.1, -0.05) is 6.08 Å². The molecular weight excluding hydrogens is 262 g/mol. The van der Waals surface area contributed by atoms with Gasteiger partial charge in [0.1, 0.15) is 5.60 Å². The lowest BCUT2D eigenvalue weighted by atomic mass is 10.2. The van der Waals surface area contributed by atoms with Crippen molar-refractivity contribution in [3.05, 3.63) is 12.2 Å². The van der Waals surface area contributed by atoms with Crippen molar-refractivity contribution >= 4 is 18.0 Å². The first-order valence-corrected chi connectivity index (χ1v) is 6.64. The molecule has 6 heteroatoms. The van der Waals surface area contributed by atoms with Crippen LogP contribution in [0.4, 0.5) is 4.79 Å². The molecule has 0 aliphatic carbocycles. The largest absolute Gasteiger partial charge is 0.463 e. The fraction of sp³-hybridized carbons (Fsp3) is 0.643. The van der Waals surface area contributed by atoms with Gasteiger partial charge >= 0.3 is 12.1 Å². The van der Waals surface area contributed by atoms with Crippen LogP contribution >= 0.6 is 0 Å². The molecule has 1 aliphatic heterocycles. The molecule has 20 heavy (non-hydrogen) atoms. The van der Waals surface area contributed by atoms with Crippen molar-refractivity contribution in [3.63, 3.8) is 0 Å². The second-order valence-corrected chi connectivity index (χ2v) is 5.46. The monoisotopic (exact) mass is 283 g/mol. The first kappa shape index (κ1) is 16.2. The molecule has 6 nitrogen and oxygen atoms in total. The number of carbonyl (C=O) groups excluding carboxylic acids is 3. The standard InChI is InChI=1S/C14H21NO5/c1-5-19-12(17)9-7-10-6-8-11(16)15(10)13(18)20-14(2,3)4/h7,9-10H,5-6,8H2,1-4H3/b9-7-/t10-/m0/s1. The summed E-state index contributed by atoms with van der Waals surface area (Å²) in [6.07, 6.45) is 2.81. The Hall–Kier alpha value is -1.85. The third kappa shape index (κ3) is 4.68. The summed E-state index contributed by atoms with van der Waals surface area (Å²) in [5.41, 5.74) is -0.671. The third-order valence-corrected chi connectivity index (χ3v) is 2.59. The highest BCUT2D eigenvalue weighted by Crippen LogP contribution is 2.22. The summed E-state index contributed by atoms with van der Waals surface area (Å²) in [5, 5.41) is 0. The van der Waals surface area contributed by atoms with E-state index >= 15 is 0 Å². The van der Waals surface area contributed by atoms with Gasteiger partial charge in [-0.2, -0.15) is 0 Å².